The van der Waals surface area contributed by atoms with Crippen molar-refractivity contribution in [2.75, 3.05) is 18.5 Å². The second kappa shape index (κ2) is 9.82. The van der Waals surface area contributed by atoms with Gasteiger partial charge in [0.05, 0.1) is 46.5 Å². The molecule has 0 saturated heterocycles. The van der Waals surface area contributed by atoms with Gasteiger partial charge >= 0.3 is 0 Å². The summed E-state index contributed by atoms with van der Waals surface area (Å²) in [5, 5.41) is 2.88. The van der Waals surface area contributed by atoms with Gasteiger partial charge in [0.25, 0.3) is 0 Å². The molecule has 5 aromatic rings. The summed E-state index contributed by atoms with van der Waals surface area (Å²) < 4.78 is 33.2. The van der Waals surface area contributed by atoms with Crippen LogP contribution < -0.4 is 15.8 Å². The van der Waals surface area contributed by atoms with Crippen LogP contribution in [-0.2, 0) is 6.54 Å². The van der Waals surface area contributed by atoms with Crippen LogP contribution in [-0.4, -0.2) is 38.1 Å². The maximum absolute atomic E-state index is 14.1. The van der Waals surface area contributed by atoms with Crippen LogP contribution in [0.4, 0.5) is 14.5 Å². The molecule has 5 rings (SSSR count). The van der Waals surface area contributed by atoms with Crippen LogP contribution in [0.1, 0.15) is 5.82 Å². The van der Waals surface area contributed by atoms with Crippen molar-refractivity contribution < 1.29 is 13.5 Å². The van der Waals surface area contributed by atoms with Crippen LogP contribution in [0.3, 0.4) is 0 Å². The number of pyridine rings is 3. The van der Waals surface area contributed by atoms with E-state index in [-0.39, 0.29) is 12.2 Å². The van der Waals surface area contributed by atoms with E-state index in [0.29, 0.717) is 58.5 Å². The topological polar surface area (TPSA) is 115 Å². The zero-order valence-corrected chi connectivity index (χ0v) is 18.5. The number of halogens is 2. The van der Waals surface area contributed by atoms with Gasteiger partial charge in [-0.25, -0.2) is 18.7 Å². The highest BCUT2D eigenvalue weighted by Gasteiger charge is 2.17. The molecule has 0 spiro atoms. The van der Waals surface area contributed by atoms with Gasteiger partial charge in [0.2, 0.25) is 0 Å². The van der Waals surface area contributed by atoms with Gasteiger partial charge in [-0.1, -0.05) is 12.1 Å². The predicted molar refractivity (Wildman–Crippen MR) is 129 cm³/mol. The Bertz CT molecular complexity index is 1470. The van der Waals surface area contributed by atoms with E-state index in [4.69, 9.17) is 15.5 Å². The van der Waals surface area contributed by atoms with Gasteiger partial charge in [-0.3, -0.25) is 9.97 Å². The summed E-state index contributed by atoms with van der Waals surface area (Å²) in [5.74, 6) is -0.790. The first-order chi connectivity index (χ1) is 17.1. The average molecular weight is 473 g/mol. The van der Waals surface area contributed by atoms with Crippen LogP contribution in [0.15, 0.2) is 67.0 Å². The molecule has 0 bridgehead atoms. The standard InChI is InChI=1S/C25H21F2N7O/c26-16-4-3-6-18(23(16)27)31-14-22-33-24(19-5-1-2-10-29-19)25(34-22)20-8-7-17-21(32-20)12-15(13-30-17)35-11-9-28/h1-8,10,12-13,31H,9,11,14,28H2,(H,33,34). The number of hydrogen-bond acceptors (Lipinski definition) is 7. The molecule has 0 unspecified atom stereocenters. The molecule has 35 heavy (non-hydrogen) atoms. The van der Waals surface area contributed by atoms with Crippen molar-refractivity contribution in [1.29, 1.82) is 0 Å². The molecule has 0 aliphatic heterocycles. The van der Waals surface area contributed by atoms with Gasteiger partial charge < -0.3 is 20.8 Å². The van der Waals surface area contributed by atoms with E-state index in [2.05, 4.69) is 25.3 Å². The van der Waals surface area contributed by atoms with Crippen molar-refractivity contribution in [2.24, 2.45) is 5.73 Å². The smallest absolute Gasteiger partial charge is 0.181 e. The number of ether oxygens (including phenoxy) is 1. The molecule has 0 amide bonds. The van der Waals surface area contributed by atoms with Crippen LogP contribution in [0.2, 0.25) is 0 Å². The zero-order chi connectivity index (χ0) is 24.2. The lowest BCUT2D eigenvalue weighted by Gasteiger charge is -2.07. The normalized spacial score (nSPS) is 11.1. The fourth-order valence-electron chi connectivity index (χ4n) is 3.58. The lowest BCUT2D eigenvalue weighted by molar-refractivity contribution is 0.327. The van der Waals surface area contributed by atoms with Crippen molar-refractivity contribution in [3.05, 3.63) is 84.4 Å². The summed E-state index contributed by atoms with van der Waals surface area (Å²) >= 11 is 0. The third kappa shape index (κ3) is 4.78. The van der Waals surface area contributed by atoms with E-state index < -0.39 is 11.6 Å². The van der Waals surface area contributed by atoms with E-state index in [1.165, 1.54) is 12.1 Å². The third-order valence-electron chi connectivity index (χ3n) is 5.21. The molecule has 1 aromatic carbocycles. The summed E-state index contributed by atoms with van der Waals surface area (Å²) in [7, 11) is 0. The minimum atomic E-state index is -0.944. The Balaban J connectivity index is 1.52. The Morgan fingerprint density at radius 1 is 0.943 bits per heavy atom. The number of nitrogens with zero attached hydrogens (tertiary/aromatic N) is 4. The largest absolute Gasteiger partial charge is 0.491 e. The summed E-state index contributed by atoms with van der Waals surface area (Å²) in [4.78, 5) is 21.5. The molecule has 0 aliphatic rings. The van der Waals surface area contributed by atoms with Crippen molar-refractivity contribution in [1.82, 2.24) is 24.9 Å². The molecular weight excluding hydrogens is 452 g/mol. The molecule has 4 heterocycles. The SMILES string of the molecule is NCCOc1cnc2ccc(-c3[nH]c(CNc4cccc(F)c4F)nc3-c3ccccn3)nc2c1. The number of aromatic nitrogens is 5. The highest BCUT2D eigenvalue weighted by Crippen LogP contribution is 2.30. The van der Waals surface area contributed by atoms with Gasteiger partial charge in [0, 0.05) is 18.8 Å². The number of imidazole rings is 1. The van der Waals surface area contributed by atoms with Crippen molar-refractivity contribution in [3.8, 4) is 28.5 Å². The van der Waals surface area contributed by atoms with Crippen molar-refractivity contribution in [3.63, 3.8) is 0 Å². The van der Waals surface area contributed by atoms with Gasteiger partial charge in [-0.15, -0.1) is 0 Å². The Hall–Kier alpha value is -4.44. The summed E-state index contributed by atoms with van der Waals surface area (Å²) in [6.45, 7) is 0.898. The molecule has 0 fully saturated rings. The van der Waals surface area contributed by atoms with Crippen molar-refractivity contribution >= 4 is 16.7 Å². The predicted octanol–water partition coefficient (Wildman–Crippen LogP) is 4.31. The first-order valence-electron chi connectivity index (χ1n) is 10.9. The fraction of sp³-hybridized carbons (Fsp3) is 0.120. The van der Waals surface area contributed by atoms with Gasteiger partial charge in [-0.2, -0.15) is 0 Å². The molecular formula is C25H21F2N7O. The Morgan fingerprint density at radius 3 is 2.69 bits per heavy atom. The van der Waals surface area contributed by atoms with E-state index in [1.807, 2.05) is 30.3 Å². The first kappa shape index (κ1) is 22.4. The maximum Gasteiger partial charge on any atom is 0.181 e. The number of rotatable bonds is 8. The maximum atomic E-state index is 14.1. The van der Waals surface area contributed by atoms with Crippen LogP contribution >= 0.6 is 0 Å². The third-order valence-corrected chi connectivity index (χ3v) is 5.21. The minimum absolute atomic E-state index is 0.0437. The highest BCUT2D eigenvalue weighted by atomic mass is 19.2. The van der Waals surface area contributed by atoms with Crippen LogP contribution in [0.5, 0.6) is 5.75 Å². The quantitative estimate of drug-likeness (QED) is 0.308. The summed E-state index contributed by atoms with van der Waals surface area (Å²) in [5.41, 5.74) is 9.38. The number of anilines is 1. The number of nitrogens with one attached hydrogen (secondary N) is 2. The monoisotopic (exact) mass is 473 g/mol. The second-order valence-corrected chi connectivity index (χ2v) is 7.62. The Kier molecular flexibility index (Phi) is 6.27. The van der Waals surface area contributed by atoms with Crippen molar-refractivity contribution in [2.45, 2.75) is 6.54 Å². The minimum Gasteiger partial charge on any atom is -0.491 e. The molecule has 0 radical (unpaired) electrons. The molecule has 0 saturated carbocycles. The Labute approximate surface area is 199 Å². The molecule has 4 N–H and O–H groups in total. The Morgan fingerprint density at radius 2 is 1.86 bits per heavy atom. The number of benzene rings is 1. The summed E-state index contributed by atoms with van der Waals surface area (Å²) in [6, 6.07) is 15.0. The first-order valence-corrected chi connectivity index (χ1v) is 10.9. The molecule has 176 valence electrons. The second-order valence-electron chi connectivity index (χ2n) is 7.62. The molecule has 10 heteroatoms. The number of aromatic amines is 1. The molecule has 4 aromatic heterocycles. The molecule has 0 aliphatic carbocycles. The van der Waals surface area contributed by atoms with E-state index >= 15 is 0 Å². The average Bonchev–Trinajstić information content (AvgIpc) is 3.33. The number of fused-ring (bicyclic) bond motifs is 1. The summed E-state index contributed by atoms with van der Waals surface area (Å²) in [6.07, 6.45) is 3.30. The van der Waals surface area contributed by atoms with Crippen LogP contribution in [0, 0.1) is 11.6 Å². The molecule has 8 nitrogen and oxygen atoms in total. The fourth-order valence-corrected chi connectivity index (χ4v) is 3.58. The highest BCUT2D eigenvalue weighted by molar-refractivity contribution is 5.82. The number of nitrogens with two attached hydrogens (primary N) is 1. The van der Waals surface area contributed by atoms with Gasteiger partial charge in [0.1, 0.15) is 23.9 Å². The van der Waals surface area contributed by atoms with E-state index in [9.17, 15) is 8.78 Å². The zero-order valence-electron chi connectivity index (χ0n) is 18.5. The number of hydrogen-bond donors (Lipinski definition) is 3. The lowest BCUT2D eigenvalue weighted by Crippen LogP contribution is -2.10. The lowest BCUT2D eigenvalue weighted by atomic mass is 10.1. The van der Waals surface area contributed by atoms with Gasteiger partial charge in [0.15, 0.2) is 11.6 Å². The van der Waals surface area contributed by atoms with Gasteiger partial charge in [-0.05, 0) is 36.4 Å². The molecule has 0 atom stereocenters. The van der Waals surface area contributed by atoms with Crippen LogP contribution in [0.25, 0.3) is 33.8 Å². The number of H-pyrrole nitrogens is 1. The van der Waals surface area contributed by atoms with E-state index in [0.717, 1.165) is 6.07 Å². The van der Waals surface area contributed by atoms with E-state index in [1.54, 1.807) is 18.5 Å².